The smallest absolute Gasteiger partial charge is 0.339 e. The fourth-order valence-electron chi connectivity index (χ4n) is 2.25. The number of pyridine rings is 1. The van der Waals surface area contributed by atoms with E-state index in [9.17, 15) is 4.79 Å². The Morgan fingerprint density at radius 1 is 1.05 bits per heavy atom. The van der Waals surface area contributed by atoms with Crippen molar-refractivity contribution in [2.45, 2.75) is 20.0 Å². The lowest BCUT2D eigenvalue weighted by molar-refractivity contribution is 0.0380. The fraction of sp³-hybridized carbons (Fsp3) is 0.176. The van der Waals surface area contributed by atoms with E-state index in [1.807, 2.05) is 56.3 Å². The summed E-state index contributed by atoms with van der Waals surface area (Å²) in [7, 11) is 0. The summed E-state index contributed by atoms with van der Waals surface area (Å²) in [4.78, 5) is 16.7. The number of hydrogen-bond acceptors (Lipinski definition) is 3. The number of esters is 1. The van der Waals surface area contributed by atoms with E-state index >= 15 is 0 Å². The van der Waals surface area contributed by atoms with E-state index in [1.165, 1.54) is 0 Å². The molecule has 0 fully saturated rings. The number of hydrogen-bond donors (Lipinski definition) is 0. The van der Waals surface area contributed by atoms with Crippen molar-refractivity contribution in [1.29, 1.82) is 0 Å². The van der Waals surface area contributed by atoms with Gasteiger partial charge in [-0.05, 0) is 38.1 Å². The molecule has 0 saturated carbocycles. The van der Waals surface area contributed by atoms with Crippen LogP contribution in [0.25, 0.3) is 21.8 Å². The molecular weight excluding hydrogens is 250 g/mol. The van der Waals surface area contributed by atoms with Gasteiger partial charge in [0.25, 0.3) is 0 Å². The van der Waals surface area contributed by atoms with Gasteiger partial charge in [0.2, 0.25) is 0 Å². The van der Waals surface area contributed by atoms with Gasteiger partial charge in [-0.15, -0.1) is 0 Å². The largest absolute Gasteiger partial charge is 0.459 e. The zero-order valence-electron chi connectivity index (χ0n) is 11.5. The summed E-state index contributed by atoms with van der Waals surface area (Å²) in [5.41, 5.74) is 2.30. The monoisotopic (exact) mass is 265 g/mol. The minimum absolute atomic E-state index is 0.133. The van der Waals surface area contributed by atoms with Crippen molar-refractivity contribution < 1.29 is 9.53 Å². The number of fused-ring (bicyclic) bond motifs is 2. The van der Waals surface area contributed by atoms with Crippen molar-refractivity contribution in [2.75, 3.05) is 0 Å². The van der Waals surface area contributed by atoms with Crippen molar-refractivity contribution in [1.82, 2.24) is 4.98 Å². The lowest BCUT2D eigenvalue weighted by Gasteiger charge is -2.10. The quantitative estimate of drug-likeness (QED) is 0.520. The van der Waals surface area contributed by atoms with Gasteiger partial charge in [-0.1, -0.05) is 24.3 Å². The van der Waals surface area contributed by atoms with Crippen molar-refractivity contribution in [3.63, 3.8) is 0 Å². The van der Waals surface area contributed by atoms with Gasteiger partial charge in [-0.3, -0.25) is 0 Å². The molecule has 100 valence electrons. The summed E-state index contributed by atoms with van der Waals surface area (Å²) < 4.78 is 5.29. The van der Waals surface area contributed by atoms with Crippen molar-refractivity contribution in [3.8, 4) is 0 Å². The van der Waals surface area contributed by atoms with Crippen LogP contribution in [0.1, 0.15) is 24.2 Å². The number of benzene rings is 2. The van der Waals surface area contributed by atoms with Crippen LogP contribution in [-0.4, -0.2) is 17.1 Å². The maximum absolute atomic E-state index is 12.2. The third kappa shape index (κ3) is 2.23. The van der Waals surface area contributed by atoms with Crippen LogP contribution in [0.2, 0.25) is 0 Å². The van der Waals surface area contributed by atoms with Crippen molar-refractivity contribution >= 4 is 27.8 Å². The molecule has 1 aromatic heterocycles. The van der Waals surface area contributed by atoms with E-state index < -0.39 is 0 Å². The Morgan fingerprint density at radius 3 is 2.60 bits per heavy atom. The first-order valence-electron chi connectivity index (χ1n) is 6.64. The average molecular weight is 265 g/mol. The van der Waals surface area contributed by atoms with Gasteiger partial charge >= 0.3 is 5.97 Å². The molecule has 0 spiro atoms. The lowest BCUT2D eigenvalue weighted by atomic mass is 10.1. The van der Waals surface area contributed by atoms with E-state index in [0.717, 1.165) is 21.8 Å². The molecule has 0 aliphatic rings. The molecule has 2 aromatic carbocycles. The van der Waals surface area contributed by atoms with E-state index in [4.69, 9.17) is 4.74 Å². The second-order valence-corrected chi connectivity index (χ2v) is 5.01. The van der Waals surface area contributed by atoms with Crippen LogP contribution in [0.15, 0.2) is 48.5 Å². The molecule has 0 radical (unpaired) electrons. The number of rotatable bonds is 2. The normalized spacial score (nSPS) is 11.2. The predicted octanol–water partition coefficient (Wildman–Crippen LogP) is 3.95. The lowest BCUT2D eigenvalue weighted by Crippen LogP contribution is -2.12. The van der Waals surface area contributed by atoms with Gasteiger partial charge < -0.3 is 4.74 Å². The van der Waals surface area contributed by atoms with Crippen LogP contribution < -0.4 is 0 Å². The van der Waals surface area contributed by atoms with Gasteiger partial charge in [0.1, 0.15) is 0 Å². The van der Waals surface area contributed by atoms with Crippen LogP contribution >= 0.6 is 0 Å². The minimum atomic E-state index is -0.303. The number of para-hydroxylation sites is 1. The van der Waals surface area contributed by atoms with Crippen LogP contribution in [-0.2, 0) is 4.74 Å². The Labute approximate surface area is 117 Å². The predicted molar refractivity (Wildman–Crippen MR) is 79.8 cm³/mol. The van der Waals surface area contributed by atoms with Gasteiger partial charge in [0.05, 0.1) is 22.7 Å². The summed E-state index contributed by atoms with van der Waals surface area (Å²) in [6.07, 6.45) is -0.133. The van der Waals surface area contributed by atoms with Gasteiger partial charge in [0, 0.05) is 10.8 Å². The summed E-state index contributed by atoms with van der Waals surface area (Å²) in [6.45, 7) is 3.69. The molecule has 3 nitrogen and oxygen atoms in total. The number of nitrogens with zero attached hydrogens (tertiary/aromatic N) is 1. The Morgan fingerprint density at radius 2 is 1.80 bits per heavy atom. The van der Waals surface area contributed by atoms with Crippen LogP contribution in [0.5, 0.6) is 0 Å². The number of carbonyl (C=O) groups excluding carboxylic acids is 1. The van der Waals surface area contributed by atoms with E-state index in [2.05, 4.69) is 4.98 Å². The summed E-state index contributed by atoms with van der Waals surface area (Å²) >= 11 is 0. The molecule has 0 bridgehead atoms. The second-order valence-electron chi connectivity index (χ2n) is 5.01. The molecule has 1 heterocycles. The first-order valence-corrected chi connectivity index (χ1v) is 6.64. The van der Waals surface area contributed by atoms with E-state index in [0.29, 0.717) is 5.56 Å². The molecule has 0 unspecified atom stereocenters. The third-order valence-electron chi connectivity index (χ3n) is 3.12. The average Bonchev–Trinajstić information content (AvgIpc) is 2.43. The maximum Gasteiger partial charge on any atom is 0.339 e. The molecule has 3 heteroatoms. The number of aromatic nitrogens is 1. The molecule has 0 aliphatic heterocycles. The fourth-order valence-corrected chi connectivity index (χ4v) is 2.25. The second kappa shape index (κ2) is 4.93. The molecular formula is C17H15NO2. The number of carbonyl (C=O) groups is 1. The molecule has 3 rings (SSSR count). The topological polar surface area (TPSA) is 39.2 Å². The Hall–Kier alpha value is -2.42. The molecule has 20 heavy (non-hydrogen) atoms. The summed E-state index contributed by atoms with van der Waals surface area (Å²) in [5, 5.41) is 1.85. The zero-order valence-corrected chi connectivity index (χ0v) is 11.5. The molecule has 0 atom stereocenters. The highest BCUT2D eigenvalue weighted by Gasteiger charge is 2.13. The highest BCUT2D eigenvalue weighted by molar-refractivity contribution is 6.06. The molecule has 3 aromatic rings. The molecule has 0 amide bonds. The molecule has 0 saturated heterocycles. The van der Waals surface area contributed by atoms with Gasteiger partial charge in [-0.2, -0.15) is 0 Å². The van der Waals surface area contributed by atoms with Gasteiger partial charge in [0.15, 0.2) is 0 Å². The SMILES string of the molecule is CC(C)OC(=O)c1cccc2nc3ccccc3cc12. The van der Waals surface area contributed by atoms with Crippen LogP contribution in [0.4, 0.5) is 0 Å². The zero-order chi connectivity index (χ0) is 14.1. The van der Waals surface area contributed by atoms with E-state index in [-0.39, 0.29) is 12.1 Å². The van der Waals surface area contributed by atoms with E-state index in [1.54, 1.807) is 6.07 Å². The molecule has 0 N–H and O–H groups in total. The Balaban J connectivity index is 2.22. The standard InChI is InChI=1S/C17H15NO2/c1-11(2)20-17(19)13-7-5-9-16-14(13)10-12-6-3-4-8-15(12)18-16/h3-11H,1-2H3. The Bertz CT molecular complexity index is 793. The Kier molecular flexibility index (Phi) is 3.11. The molecule has 0 aliphatic carbocycles. The summed E-state index contributed by atoms with van der Waals surface area (Å²) in [6, 6.07) is 15.4. The first kappa shape index (κ1) is 12.6. The first-order chi connectivity index (χ1) is 9.65. The third-order valence-corrected chi connectivity index (χ3v) is 3.12. The highest BCUT2D eigenvalue weighted by Crippen LogP contribution is 2.23. The summed E-state index contributed by atoms with van der Waals surface area (Å²) in [5.74, 6) is -0.303. The highest BCUT2D eigenvalue weighted by atomic mass is 16.5. The maximum atomic E-state index is 12.2. The minimum Gasteiger partial charge on any atom is -0.459 e. The number of ether oxygens (including phenoxy) is 1. The van der Waals surface area contributed by atoms with Crippen molar-refractivity contribution in [2.24, 2.45) is 0 Å². The van der Waals surface area contributed by atoms with Crippen molar-refractivity contribution in [3.05, 3.63) is 54.1 Å². The van der Waals surface area contributed by atoms with Crippen LogP contribution in [0, 0.1) is 0 Å². The van der Waals surface area contributed by atoms with Gasteiger partial charge in [-0.25, -0.2) is 9.78 Å². The van der Waals surface area contributed by atoms with Crippen LogP contribution in [0.3, 0.4) is 0 Å².